The van der Waals surface area contributed by atoms with Crippen LogP contribution in [0.15, 0.2) is 18.2 Å². The van der Waals surface area contributed by atoms with Crippen molar-refractivity contribution in [2.24, 2.45) is 5.92 Å². The van der Waals surface area contributed by atoms with Crippen LogP contribution in [0, 0.1) is 12.8 Å². The van der Waals surface area contributed by atoms with Gasteiger partial charge in [0.05, 0.1) is 6.61 Å². The van der Waals surface area contributed by atoms with Gasteiger partial charge >= 0.3 is 0 Å². The highest BCUT2D eigenvalue weighted by Crippen LogP contribution is 2.24. The molecular weight excluding hydrogens is 246 g/mol. The van der Waals surface area contributed by atoms with Crippen molar-refractivity contribution in [1.82, 2.24) is 5.32 Å². The first-order valence-corrected chi connectivity index (χ1v) is 8.02. The molecule has 2 atom stereocenters. The second kappa shape index (κ2) is 9.02. The van der Waals surface area contributed by atoms with E-state index in [1.165, 1.54) is 36.8 Å². The standard InChI is InChI=1S/C18H31NO/c1-6-8-9-16(7-2)13-20-18-11-10-17(12-14(18)3)15(4)19-5/h10-12,15-16,19H,6-9,13H2,1-5H3. The quantitative estimate of drug-likeness (QED) is 0.695. The van der Waals surface area contributed by atoms with Gasteiger partial charge in [0.2, 0.25) is 0 Å². The molecule has 20 heavy (non-hydrogen) atoms. The fourth-order valence-corrected chi connectivity index (χ4v) is 2.38. The minimum absolute atomic E-state index is 0.385. The first kappa shape index (κ1) is 17.0. The van der Waals surface area contributed by atoms with E-state index in [2.05, 4.69) is 51.2 Å². The Morgan fingerprint density at radius 1 is 1.25 bits per heavy atom. The third-order valence-electron chi connectivity index (χ3n) is 4.15. The van der Waals surface area contributed by atoms with Crippen LogP contribution in [-0.2, 0) is 0 Å². The summed E-state index contributed by atoms with van der Waals surface area (Å²) >= 11 is 0. The molecule has 0 aliphatic carbocycles. The molecule has 2 nitrogen and oxygen atoms in total. The molecule has 0 bridgehead atoms. The molecule has 0 aliphatic heterocycles. The summed E-state index contributed by atoms with van der Waals surface area (Å²) in [4.78, 5) is 0. The molecular formula is C18H31NO. The third kappa shape index (κ3) is 5.16. The maximum Gasteiger partial charge on any atom is 0.122 e. The molecule has 1 aromatic rings. The van der Waals surface area contributed by atoms with Gasteiger partial charge in [-0.2, -0.15) is 0 Å². The summed E-state index contributed by atoms with van der Waals surface area (Å²) in [5, 5.41) is 3.27. The van der Waals surface area contributed by atoms with E-state index < -0.39 is 0 Å². The lowest BCUT2D eigenvalue weighted by Crippen LogP contribution is -2.13. The summed E-state index contributed by atoms with van der Waals surface area (Å²) in [5.74, 6) is 1.72. The maximum atomic E-state index is 6.03. The Morgan fingerprint density at radius 2 is 2.00 bits per heavy atom. The molecule has 0 saturated heterocycles. The van der Waals surface area contributed by atoms with Crippen LogP contribution < -0.4 is 10.1 Å². The highest BCUT2D eigenvalue weighted by atomic mass is 16.5. The van der Waals surface area contributed by atoms with Crippen molar-refractivity contribution in [2.45, 2.75) is 59.4 Å². The van der Waals surface area contributed by atoms with Crippen molar-refractivity contribution < 1.29 is 4.74 Å². The van der Waals surface area contributed by atoms with E-state index in [-0.39, 0.29) is 0 Å². The number of hydrogen-bond acceptors (Lipinski definition) is 2. The first-order chi connectivity index (χ1) is 9.62. The van der Waals surface area contributed by atoms with E-state index in [0.29, 0.717) is 12.0 Å². The van der Waals surface area contributed by atoms with E-state index in [1.807, 2.05) is 7.05 Å². The minimum atomic E-state index is 0.385. The van der Waals surface area contributed by atoms with Gasteiger partial charge < -0.3 is 10.1 Å². The second-order valence-corrected chi connectivity index (χ2v) is 5.76. The normalized spacial score (nSPS) is 14.1. The monoisotopic (exact) mass is 277 g/mol. The molecule has 1 N–H and O–H groups in total. The van der Waals surface area contributed by atoms with Gasteiger partial charge in [0.25, 0.3) is 0 Å². The Bertz CT molecular complexity index is 389. The number of ether oxygens (including phenoxy) is 1. The van der Waals surface area contributed by atoms with E-state index in [1.54, 1.807) is 0 Å². The predicted molar refractivity (Wildman–Crippen MR) is 87.5 cm³/mol. The van der Waals surface area contributed by atoms with Crippen LogP contribution in [0.25, 0.3) is 0 Å². The van der Waals surface area contributed by atoms with Gasteiger partial charge in [-0.25, -0.2) is 0 Å². The Labute approximate surface area is 124 Å². The molecule has 0 radical (unpaired) electrons. The van der Waals surface area contributed by atoms with E-state index >= 15 is 0 Å². The van der Waals surface area contributed by atoms with Crippen molar-refractivity contribution in [1.29, 1.82) is 0 Å². The zero-order valence-electron chi connectivity index (χ0n) is 13.8. The van der Waals surface area contributed by atoms with Crippen LogP contribution in [0.3, 0.4) is 0 Å². The number of unbranched alkanes of at least 4 members (excludes halogenated alkanes) is 1. The van der Waals surface area contributed by atoms with Crippen LogP contribution in [0.1, 0.15) is 63.6 Å². The van der Waals surface area contributed by atoms with Gasteiger partial charge in [-0.1, -0.05) is 45.2 Å². The number of aryl methyl sites for hydroxylation is 1. The predicted octanol–water partition coefficient (Wildman–Crippen LogP) is 4.87. The van der Waals surface area contributed by atoms with Crippen molar-refractivity contribution in [3.05, 3.63) is 29.3 Å². The molecule has 0 aliphatic rings. The number of benzene rings is 1. The van der Waals surface area contributed by atoms with Crippen molar-refractivity contribution in [3.8, 4) is 5.75 Å². The molecule has 0 spiro atoms. The van der Waals surface area contributed by atoms with Gasteiger partial charge in [-0.05, 0) is 50.4 Å². The third-order valence-corrected chi connectivity index (χ3v) is 4.15. The molecule has 0 saturated carbocycles. The van der Waals surface area contributed by atoms with Gasteiger partial charge in [-0.15, -0.1) is 0 Å². The average molecular weight is 277 g/mol. The Hall–Kier alpha value is -1.02. The lowest BCUT2D eigenvalue weighted by molar-refractivity contribution is 0.232. The summed E-state index contributed by atoms with van der Waals surface area (Å²) in [6.07, 6.45) is 5.06. The molecule has 0 heterocycles. The molecule has 0 fully saturated rings. The lowest BCUT2D eigenvalue weighted by atomic mass is 10.0. The molecule has 1 aromatic carbocycles. The van der Waals surface area contributed by atoms with Crippen molar-refractivity contribution >= 4 is 0 Å². The summed E-state index contributed by atoms with van der Waals surface area (Å²) in [6, 6.07) is 6.89. The lowest BCUT2D eigenvalue weighted by Gasteiger charge is -2.18. The van der Waals surface area contributed by atoms with Gasteiger partial charge in [0.1, 0.15) is 5.75 Å². The van der Waals surface area contributed by atoms with E-state index in [9.17, 15) is 0 Å². The van der Waals surface area contributed by atoms with Gasteiger partial charge in [0, 0.05) is 6.04 Å². The first-order valence-electron chi connectivity index (χ1n) is 8.02. The van der Waals surface area contributed by atoms with Crippen molar-refractivity contribution in [2.75, 3.05) is 13.7 Å². The van der Waals surface area contributed by atoms with Crippen LogP contribution in [0.2, 0.25) is 0 Å². The molecule has 1 rings (SSSR count). The largest absolute Gasteiger partial charge is 0.493 e. The number of rotatable bonds is 9. The number of hydrogen-bond donors (Lipinski definition) is 1. The smallest absolute Gasteiger partial charge is 0.122 e. The Kier molecular flexibility index (Phi) is 7.68. The fraction of sp³-hybridized carbons (Fsp3) is 0.667. The highest BCUT2D eigenvalue weighted by Gasteiger charge is 2.09. The SMILES string of the molecule is CCCCC(CC)COc1ccc(C(C)NC)cc1C. The summed E-state index contributed by atoms with van der Waals surface area (Å²) in [5.41, 5.74) is 2.55. The topological polar surface area (TPSA) is 21.3 Å². The second-order valence-electron chi connectivity index (χ2n) is 5.76. The Balaban J connectivity index is 2.59. The van der Waals surface area contributed by atoms with Gasteiger partial charge in [-0.3, -0.25) is 0 Å². The van der Waals surface area contributed by atoms with Crippen LogP contribution >= 0.6 is 0 Å². The summed E-state index contributed by atoms with van der Waals surface area (Å²) < 4.78 is 6.03. The minimum Gasteiger partial charge on any atom is -0.493 e. The number of nitrogens with one attached hydrogen (secondary N) is 1. The zero-order chi connectivity index (χ0) is 15.0. The van der Waals surface area contributed by atoms with Crippen LogP contribution in [-0.4, -0.2) is 13.7 Å². The van der Waals surface area contributed by atoms with E-state index in [4.69, 9.17) is 4.74 Å². The molecule has 114 valence electrons. The fourth-order valence-electron chi connectivity index (χ4n) is 2.38. The molecule has 0 aromatic heterocycles. The Morgan fingerprint density at radius 3 is 2.55 bits per heavy atom. The molecule has 0 amide bonds. The maximum absolute atomic E-state index is 6.03. The van der Waals surface area contributed by atoms with Crippen LogP contribution in [0.4, 0.5) is 0 Å². The summed E-state index contributed by atoms with van der Waals surface area (Å²) in [6.45, 7) is 9.66. The van der Waals surface area contributed by atoms with E-state index in [0.717, 1.165) is 12.4 Å². The average Bonchev–Trinajstić information content (AvgIpc) is 2.47. The molecule has 2 heteroatoms. The molecule has 2 unspecified atom stereocenters. The highest BCUT2D eigenvalue weighted by molar-refractivity contribution is 5.37. The zero-order valence-corrected chi connectivity index (χ0v) is 13.8. The van der Waals surface area contributed by atoms with Crippen LogP contribution in [0.5, 0.6) is 5.75 Å². The summed E-state index contributed by atoms with van der Waals surface area (Å²) in [7, 11) is 1.99. The van der Waals surface area contributed by atoms with Gasteiger partial charge in [0.15, 0.2) is 0 Å². The van der Waals surface area contributed by atoms with Crippen molar-refractivity contribution in [3.63, 3.8) is 0 Å².